The van der Waals surface area contributed by atoms with Crippen LogP contribution in [0.4, 0.5) is 0 Å². The molecule has 0 radical (unpaired) electrons. The van der Waals surface area contributed by atoms with E-state index < -0.39 is 0 Å². The summed E-state index contributed by atoms with van der Waals surface area (Å²) in [6.45, 7) is 2.17. The Labute approximate surface area is 143 Å². The van der Waals surface area contributed by atoms with Crippen LogP contribution in [0.3, 0.4) is 0 Å². The fraction of sp³-hybridized carbons (Fsp3) is 0.0526. The summed E-state index contributed by atoms with van der Waals surface area (Å²) < 4.78 is 8.59. The highest BCUT2D eigenvalue weighted by Gasteiger charge is 2.18. The molecule has 2 aromatic carbocycles. The lowest BCUT2D eigenvalue weighted by Gasteiger charge is -1.92. The van der Waals surface area contributed by atoms with Gasteiger partial charge in [-0.2, -0.15) is 0 Å². The van der Waals surface area contributed by atoms with E-state index in [1.165, 1.54) is 55.6 Å². The summed E-state index contributed by atoms with van der Waals surface area (Å²) in [7, 11) is 0. The van der Waals surface area contributed by atoms with E-state index in [1.54, 1.807) is 0 Å². The molecule has 6 aromatic rings. The van der Waals surface area contributed by atoms with Gasteiger partial charge < -0.3 is 4.98 Å². The number of benzene rings is 2. The first kappa shape index (κ1) is 12.5. The van der Waals surface area contributed by atoms with Crippen molar-refractivity contribution in [1.29, 1.82) is 0 Å². The molecule has 0 saturated heterocycles. The molecule has 23 heavy (non-hydrogen) atoms. The van der Waals surface area contributed by atoms with E-state index in [9.17, 15) is 0 Å². The van der Waals surface area contributed by atoms with Gasteiger partial charge in [-0.1, -0.05) is 29.8 Å². The van der Waals surface area contributed by atoms with Gasteiger partial charge in [0.15, 0.2) is 0 Å². The molecule has 1 N–H and O–H groups in total. The maximum absolute atomic E-state index is 3.65. The van der Waals surface area contributed by atoms with Gasteiger partial charge in [0, 0.05) is 21.0 Å². The molecule has 0 saturated carbocycles. The van der Waals surface area contributed by atoms with E-state index in [0.29, 0.717) is 0 Å². The largest absolute Gasteiger partial charge is 0.353 e. The molecular weight excluding hydrogens is 338 g/mol. The lowest BCUT2D eigenvalue weighted by molar-refractivity contribution is 1.49. The van der Waals surface area contributed by atoms with E-state index in [0.717, 1.165) is 0 Å². The first-order chi connectivity index (χ1) is 11.3. The maximum Gasteiger partial charge on any atom is 0.0756 e. The Kier molecular flexibility index (Phi) is 2.26. The van der Waals surface area contributed by atoms with Crippen molar-refractivity contribution in [3.05, 3.63) is 48.0 Å². The first-order valence-electron chi connectivity index (χ1n) is 7.54. The Balaban J connectivity index is 1.85. The Hall–Kier alpha value is -1.88. The number of rotatable bonds is 0. The van der Waals surface area contributed by atoms with Crippen molar-refractivity contribution in [2.75, 3.05) is 0 Å². The number of thiophene rings is 3. The molecule has 4 heterocycles. The third-order valence-corrected chi connectivity index (χ3v) is 8.56. The van der Waals surface area contributed by atoms with Crippen LogP contribution in [0, 0.1) is 6.92 Å². The molecule has 0 unspecified atom stereocenters. The summed E-state index contributed by atoms with van der Waals surface area (Å²) in [4.78, 5) is 3.65. The maximum atomic E-state index is 3.65. The normalized spacial score (nSPS) is 12.6. The molecule has 0 bridgehead atoms. The summed E-state index contributed by atoms with van der Waals surface area (Å²) in [5, 5.41) is 2.77. The topological polar surface area (TPSA) is 15.8 Å². The summed E-state index contributed by atoms with van der Waals surface area (Å²) in [5.41, 5.74) is 3.89. The van der Waals surface area contributed by atoms with Crippen molar-refractivity contribution < 1.29 is 0 Å². The average molecular weight is 350 g/mol. The van der Waals surface area contributed by atoms with Crippen molar-refractivity contribution in [3.8, 4) is 0 Å². The smallest absolute Gasteiger partial charge is 0.0756 e. The van der Waals surface area contributed by atoms with Gasteiger partial charge in [-0.3, -0.25) is 0 Å². The van der Waals surface area contributed by atoms with Crippen LogP contribution in [0.25, 0.3) is 50.0 Å². The third kappa shape index (κ3) is 1.51. The zero-order chi connectivity index (χ0) is 15.1. The SMILES string of the molecule is Cc1ccc2[nH]c3c(sc4c3sc3c5ccccc5sc34)c2c1. The molecular formula is C19H11NS3. The minimum atomic E-state index is 1.25. The molecule has 0 spiro atoms. The van der Waals surface area contributed by atoms with E-state index in [1.807, 2.05) is 34.0 Å². The van der Waals surface area contributed by atoms with Gasteiger partial charge in [0.25, 0.3) is 0 Å². The summed E-state index contributed by atoms with van der Waals surface area (Å²) >= 11 is 5.82. The Morgan fingerprint density at radius 3 is 2.52 bits per heavy atom. The minimum absolute atomic E-state index is 1.25. The van der Waals surface area contributed by atoms with Crippen LogP contribution in [-0.4, -0.2) is 4.98 Å². The second-order valence-corrected chi connectivity index (χ2v) is 9.09. The van der Waals surface area contributed by atoms with Gasteiger partial charge in [0.2, 0.25) is 0 Å². The highest BCUT2D eigenvalue weighted by molar-refractivity contribution is 7.43. The number of hydrogen-bond acceptors (Lipinski definition) is 3. The fourth-order valence-electron chi connectivity index (χ4n) is 3.43. The lowest BCUT2D eigenvalue weighted by Crippen LogP contribution is -1.70. The number of hydrogen-bond donors (Lipinski definition) is 1. The van der Waals surface area contributed by atoms with E-state index in [2.05, 4.69) is 54.4 Å². The van der Waals surface area contributed by atoms with E-state index in [4.69, 9.17) is 0 Å². The summed E-state index contributed by atoms with van der Waals surface area (Å²) in [6.07, 6.45) is 0. The zero-order valence-electron chi connectivity index (χ0n) is 12.3. The van der Waals surface area contributed by atoms with Crippen LogP contribution >= 0.6 is 34.0 Å². The van der Waals surface area contributed by atoms with Gasteiger partial charge in [-0.05, 0) is 25.1 Å². The van der Waals surface area contributed by atoms with Crippen LogP contribution in [0.1, 0.15) is 5.56 Å². The van der Waals surface area contributed by atoms with E-state index in [-0.39, 0.29) is 0 Å². The van der Waals surface area contributed by atoms with Crippen molar-refractivity contribution >= 4 is 84.0 Å². The molecule has 4 heteroatoms. The number of nitrogens with one attached hydrogen (secondary N) is 1. The predicted molar refractivity (Wildman–Crippen MR) is 107 cm³/mol. The molecule has 4 aromatic heterocycles. The van der Waals surface area contributed by atoms with Crippen molar-refractivity contribution in [2.24, 2.45) is 0 Å². The van der Waals surface area contributed by atoms with Crippen LogP contribution in [0.5, 0.6) is 0 Å². The molecule has 0 atom stereocenters. The van der Waals surface area contributed by atoms with Crippen LogP contribution < -0.4 is 0 Å². The van der Waals surface area contributed by atoms with Gasteiger partial charge in [0.1, 0.15) is 0 Å². The highest BCUT2D eigenvalue weighted by Crippen LogP contribution is 2.50. The first-order valence-corrected chi connectivity index (χ1v) is 9.99. The van der Waals surface area contributed by atoms with Crippen molar-refractivity contribution in [1.82, 2.24) is 4.98 Å². The van der Waals surface area contributed by atoms with Gasteiger partial charge in [0.05, 0.1) is 29.0 Å². The Morgan fingerprint density at radius 2 is 1.57 bits per heavy atom. The monoisotopic (exact) mass is 349 g/mol. The summed E-state index contributed by atoms with van der Waals surface area (Å²) in [5.74, 6) is 0. The molecule has 110 valence electrons. The quantitative estimate of drug-likeness (QED) is 0.297. The second kappa shape index (κ2) is 4.15. The van der Waals surface area contributed by atoms with Crippen molar-refractivity contribution in [2.45, 2.75) is 6.92 Å². The Morgan fingerprint density at radius 1 is 0.739 bits per heavy atom. The molecule has 0 aliphatic heterocycles. The van der Waals surface area contributed by atoms with Crippen LogP contribution in [0.15, 0.2) is 42.5 Å². The molecule has 6 rings (SSSR count). The number of fused-ring (bicyclic) bond motifs is 9. The van der Waals surface area contributed by atoms with E-state index >= 15 is 0 Å². The number of H-pyrrole nitrogens is 1. The van der Waals surface area contributed by atoms with Crippen LogP contribution in [0.2, 0.25) is 0 Å². The predicted octanol–water partition coefficient (Wildman–Crippen LogP) is 7.27. The summed E-state index contributed by atoms with van der Waals surface area (Å²) in [6, 6.07) is 15.4. The lowest BCUT2D eigenvalue weighted by atomic mass is 10.2. The molecule has 0 aliphatic rings. The minimum Gasteiger partial charge on any atom is -0.353 e. The molecule has 0 aliphatic carbocycles. The molecule has 0 amide bonds. The average Bonchev–Trinajstić information content (AvgIpc) is 3.24. The zero-order valence-corrected chi connectivity index (χ0v) is 14.7. The van der Waals surface area contributed by atoms with Gasteiger partial charge in [-0.25, -0.2) is 0 Å². The number of aromatic amines is 1. The standard InChI is InChI=1S/C19H11NS3/c1-9-6-7-12-11(8-9)15-14(20-12)17-19(22-15)18-16(23-17)10-4-2-3-5-13(10)21-18/h2-8,20H,1H3. The molecule has 0 fully saturated rings. The fourth-order valence-corrected chi connectivity index (χ4v) is 7.75. The highest BCUT2D eigenvalue weighted by atomic mass is 32.1. The number of aryl methyl sites for hydroxylation is 1. The van der Waals surface area contributed by atoms with Crippen molar-refractivity contribution in [3.63, 3.8) is 0 Å². The van der Waals surface area contributed by atoms with Crippen LogP contribution in [-0.2, 0) is 0 Å². The molecule has 1 nitrogen and oxygen atoms in total. The van der Waals surface area contributed by atoms with Gasteiger partial charge >= 0.3 is 0 Å². The van der Waals surface area contributed by atoms with Gasteiger partial charge in [-0.15, -0.1) is 34.0 Å². The second-order valence-electron chi connectivity index (χ2n) is 6.00. The third-order valence-electron chi connectivity index (χ3n) is 4.50. The number of aromatic nitrogens is 1. The Bertz CT molecular complexity index is 1370.